The Labute approximate surface area is 156 Å². The summed E-state index contributed by atoms with van der Waals surface area (Å²) in [6.45, 7) is 3.27. The van der Waals surface area contributed by atoms with E-state index in [1.54, 1.807) is 36.3 Å². The molecule has 4 heterocycles. The fraction of sp³-hybridized carbons (Fsp3) is 0.389. The SMILES string of the molecule is c1cnc(Nc2cc(C[C@H]3CCCN(Cc4cncs4)C3)ncn2)cn1. The van der Waals surface area contributed by atoms with Crippen molar-refractivity contribution in [2.24, 2.45) is 5.92 Å². The maximum absolute atomic E-state index is 4.46. The fourth-order valence-electron chi connectivity index (χ4n) is 3.37. The van der Waals surface area contributed by atoms with E-state index in [2.05, 4.69) is 35.1 Å². The fourth-order valence-corrected chi connectivity index (χ4v) is 4.01. The minimum atomic E-state index is 0.621. The Bertz CT molecular complexity index is 809. The highest BCUT2D eigenvalue weighted by molar-refractivity contribution is 7.09. The molecule has 4 rings (SSSR count). The Morgan fingerprint density at radius 3 is 2.96 bits per heavy atom. The van der Waals surface area contributed by atoms with Crippen LogP contribution in [0.25, 0.3) is 0 Å². The molecule has 0 saturated carbocycles. The molecule has 1 N–H and O–H groups in total. The Hall–Kier alpha value is -2.45. The third-order valence-corrected chi connectivity index (χ3v) is 5.27. The summed E-state index contributed by atoms with van der Waals surface area (Å²) in [4.78, 5) is 25.1. The number of anilines is 2. The highest BCUT2D eigenvalue weighted by Crippen LogP contribution is 2.23. The van der Waals surface area contributed by atoms with Crippen molar-refractivity contribution in [3.8, 4) is 0 Å². The van der Waals surface area contributed by atoms with Crippen LogP contribution in [0.1, 0.15) is 23.4 Å². The van der Waals surface area contributed by atoms with Crippen molar-refractivity contribution >= 4 is 23.0 Å². The van der Waals surface area contributed by atoms with Gasteiger partial charge in [-0.1, -0.05) is 0 Å². The number of nitrogens with zero attached hydrogens (tertiary/aromatic N) is 6. The number of piperidine rings is 1. The number of thiazole rings is 1. The molecule has 1 saturated heterocycles. The molecule has 3 aromatic heterocycles. The van der Waals surface area contributed by atoms with E-state index >= 15 is 0 Å². The lowest BCUT2D eigenvalue weighted by Crippen LogP contribution is -2.35. The zero-order valence-corrected chi connectivity index (χ0v) is 15.3. The Kier molecular flexibility index (Phi) is 5.41. The van der Waals surface area contributed by atoms with E-state index in [0.29, 0.717) is 11.7 Å². The summed E-state index contributed by atoms with van der Waals surface area (Å²) in [7, 11) is 0. The molecule has 134 valence electrons. The zero-order valence-electron chi connectivity index (χ0n) is 14.5. The normalized spacial score (nSPS) is 17.9. The number of rotatable bonds is 6. The van der Waals surface area contributed by atoms with Gasteiger partial charge in [-0.15, -0.1) is 11.3 Å². The van der Waals surface area contributed by atoms with Crippen molar-refractivity contribution in [3.05, 3.63) is 53.3 Å². The van der Waals surface area contributed by atoms with E-state index in [0.717, 1.165) is 37.6 Å². The number of likely N-dealkylation sites (tertiary alicyclic amines) is 1. The van der Waals surface area contributed by atoms with Crippen molar-refractivity contribution < 1.29 is 0 Å². The number of hydrogen-bond donors (Lipinski definition) is 1. The minimum absolute atomic E-state index is 0.621. The molecule has 0 amide bonds. The van der Waals surface area contributed by atoms with Crippen LogP contribution in [-0.2, 0) is 13.0 Å². The van der Waals surface area contributed by atoms with Gasteiger partial charge in [-0.05, 0) is 31.7 Å². The van der Waals surface area contributed by atoms with E-state index < -0.39 is 0 Å². The summed E-state index contributed by atoms with van der Waals surface area (Å²) >= 11 is 1.73. The Balaban J connectivity index is 1.36. The predicted molar refractivity (Wildman–Crippen MR) is 101 cm³/mol. The largest absolute Gasteiger partial charge is 0.324 e. The van der Waals surface area contributed by atoms with E-state index in [9.17, 15) is 0 Å². The molecule has 26 heavy (non-hydrogen) atoms. The molecule has 0 aliphatic carbocycles. The second-order valence-corrected chi connectivity index (χ2v) is 7.50. The van der Waals surface area contributed by atoms with Crippen LogP contribution >= 0.6 is 11.3 Å². The molecule has 1 aliphatic heterocycles. The highest BCUT2D eigenvalue weighted by Gasteiger charge is 2.21. The first kappa shape index (κ1) is 17.0. The predicted octanol–water partition coefficient (Wildman–Crippen LogP) is 2.92. The molecule has 0 radical (unpaired) electrons. The van der Waals surface area contributed by atoms with Crippen LogP contribution in [0.5, 0.6) is 0 Å². The molecular formula is C18H21N7S. The van der Waals surface area contributed by atoms with Crippen molar-refractivity contribution in [3.63, 3.8) is 0 Å². The van der Waals surface area contributed by atoms with E-state index in [1.807, 2.05) is 17.8 Å². The number of aromatic nitrogens is 5. The summed E-state index contributed by atoms with van der Waals surface area (Å²) in [6.07, 6.45) is 12.0. The van der Waals surface area contributed by atoms with Crippen LogP contribution in [0.15, 0.2) is 42.7 Å². The van der Waals surface area contributed by atoms with Crippen molar-refractivity contribution in [1.29, 1.82) is 0 Å². The van der Waals surface area contributed by atoms with Gasteiger partial charge in [0.1, 0.15) is 18.0 Å². The van der Waals surface area contributed by atoms with Crippen LogP contribution in [-0.4, -0.2) is 42.9 Å². The van der Waals surface area contributed by atoms with Gasteiger partial charge in [0, 0.05) is 48.3 Å². The van der Waals surface area contributed by atoms with Gasteiger partial charge in [-0.25, -0.2) is 15.0 Å². The molecule has 1 fully saturated rings. The zero-order chi connectivity index (χ0) is 17.6. The molecule has 7 nitrogen and oxygen atoms in total. The van der Waals surface area contributed by atoms with Gasteiger partial charge < -0.3 is 5.32 Å². The van der Waals surface area contributed by atoms with Gasteiger partial charge in [0.15, 0.2) is 0 Å². The van der Waals surface area contributed by atoms with Crippen LogP contribution in [0.2, 0.25) is 0 Å². The lowest BCUT2D eigenvalue weighted by molar-refractivity contribution is 0.167. The monoisotopic (exact) mass is 367 g/mol. The van der Waals surface area contributed by atoms with Crippen LogP contribution in [0.4, 0.5) is 11.6 Å². The maximum Gasteiger partial charge on any atom is 0.150 e. The lowest BCUT2D eigenvalue weighted by atomic mass is 9.93. The molecule has 1 aliphatic rings. The summed E-state index contributed by atoms with van der Waals surface area (Å²) in [5.74, 6) is 2.06. The van der Waals surface area contributed by atoms with E-state index in [1.165, 1.54) is 17.7 Å². The van der Waals surface area contributed by atoms with Gasteiger partial charge in [-0.2, -0.15) is 0 Å². The van der Waals surface area contributed by atoms with Crippen molar-refractivity contribution in [2.75, 3.05) is 18.4 Å². The number of nitrogens with one attached hydrogen (secondary N) is 1. The Morgan fingerprint density at radius 2 is 2.12 bits per heavy atom. The molecule has 0 bridgehead atoms. The second-order valence-electron chi connectivity index (χ2n) is 6.53. The second kappa shape index (κ2) is 8.29. The van der Waals surface area contributed by atoms with Gasteiger partial charge in [0.2, 0.25) is 0 Å². The van der Waals surface area contributed by atoms with Crippen LogP contribution in [0.3, 0.4) is 0 Å². The first-order chi connectivity index (χ1) is 12.8. The first-order valence-corrected chi connectivity index (χ1v) is 9.67. The van der Waals surface area contributed by atoms with Crippen molar-refractivity contribution in [1.82, 2.24) is 29.8 Å². The van der Waals surface area contributed by atoms with Gasteiger partial charge >= 0.3 is 0 Å². The van der Waals surface area contributed by atoms with Crippen molar-refractivity contribution in [2.45, 2.75) is 25.8 Å². The van der Waals surface area contributed by atoms with E-state index in [4.69, 9.17) is 0 Å². The van der Waals surface area contributed by atoms with Crippen LogP contribution in [0, 0.1) is 5.92 Å². The number of hydrogen-bond acceptors (Lipinski definition) is 8. The van der Waals surface area contributed by atoms with E-state index in [-0.39, 0.29) is 0 Å². The van der Waals surface area contributed by atoms with Gasteiger partial charge in [-0.3, -0.25) is 14.9 Å². The molecular weight excluding hydrogens is 346 g/mol. The standard InChI is InChI=1S/C18H21N7S/c1-2-14(10-25(5-1)11-16-8-20-13-26-16)6-15-7-17(23-12-22-15)24-18-9-19-3-4-21-18/h3-4,7-9,12-14H,1-2,5-6,10-11H2,(H,21,22,23,24)/t14-/m1/s1. The Morgan fingerprint density at radius 1 is 1.12 bits per heavy atom. The lowest BCUT2D eigenvalue weighted by Gasteiger charge is -2.32. The quantitative estimate of drug-likeness (QED) is 0.717. The molecule has 0 aromatic carbocycles. The smallest absolute Gasteiger partial charge is 0.150 e. The summed E-state index contributed by atoms with van der Waals surface area (Å²) in [6, 6.07) is 2.01. The molecule has 3 aromatic rings. The van der Waals surface area contributed by atoms with Crippen LogP contribution < -0.4 is 5.32 Å². The van der Waals surface area contributed by atoms with Gasteiger partial charge in [0.05, 0.1) is 11.7 Å². The maximum atomic E-state index is 4.46. The third-order valence-electron chi connectivity index (χ3n) is 4.51. The van der Waals surface area contributed by atoms with Gasteiger partial charge in [0.25, 0.3) is 0 Å². The molecule has 0 spiro atoms. The summed E-state index contributed by atoms with van der Waals surface area (Å²) in [5, 5.41) is 3.18. The average molecular weight is 367 g/mol. The molecule has 0 unspecified atom stereocenters. The topological polar surface area (TPSA) is 79.7 Å². The molecule has 1 atom stereocenters. The highest BCUT2D eigenvalue weighted by atomic mass is 32.1. The first-order valence-electron chi connectivity index (χ1n) is 8.79. The average Bonchev–Trinajstić information content (AvgIpc) is 3.16. The molecule has 8 heteroatoms. The third kappa shape index (κ3) is 4.59. The summed E-state index contributed by atoms with van der Waals surface area (Å²) in [5.41, 5.74) is 2.97. The summed E-state index contributed by atoms with van der Waals surface area (Å²) < 4.78 is 0. The minimum Gasteiger partial charge on any atom is -0.324 e.